The summed E-state index contributed by atoms with van der Waals surface area (Å²) in [5, 5.41) is 3.40. The number of hydrogen-bond donors (Lipinski definition) is 1. The average Bonchev–Trinajstić information content (AvgIpc) is 2.59. The molecule has 0 bridgehead atoms. The molecular formula is C19H31IN4O. The molecule has 0 spiro atoms. The number of carbonyl (C=O) groups excluding carboxylic acids is 1. The minimum atomic E-state index is 0. The smallest absolute Gasteiger partial charge is 0.253 e. The van der Waals surface area contributed by atoms with Gasteiger partial charge in [0.15, 0.2) is 5.96 Å². The van der Waals surface area contributed by atoms with Crippen LogP contribution in [-0.2, 0) is 6.54 Å². The second kappa shape index (κ2) is 10.6. The number of benzene rings is 1. The number of rotatable bonds is 4. The molecule has 1 amide bonds. The summed E-state index contributed by atoms with van der Waals surface area (Å²) in [5.74, 6) is 1.84. The number of nitrogens with one attached hydrogen (secondary N) is 1. The quantitative estimate of drug-likeness (QED) is 0.429. The number of halogens is 1. The molecule has 1 N–H and O–H groups in total. The van der Waals surface area contributed by atoms with E-state index in [9.17, 15) is 4.79 Å². The predicted octanol–water partition coefficient (Wildman–Crippen LogP) is 3.20. The van der Waals surface area contributed by atoms with Crippen LogP contribution in [0, 0.1) is 5.92 Å². The van der Waals surface area contributed by atoms with Gasteiger partial charge in [0, 0.05) is 39.3 Å². The minimum absolute atomic E-state index is 0. The lowest BCUT2D eigenvalue weighted by molar-refractivity contribution is 0.0827. The van der Waals surface area contributed by atoms with Crippen molar-refractivity contribution in [2.24, 2.45) is 10.9 Å². The molecule has 0 unspecified atom stereocenters. The molecule has 5 nitrogen and oxygen atoms in total. The van der Waals surface area contributed by atoms with E-state index >= 15 is 0 Å². The van der Waals surface area contributed by atoms with Gasteiger partial charge in [0.1, 0.15) is 0 Å². The molecule has 2 rings (SSSR count). The Balaban J connectivity index is 0.00000312. The van der Waals surface area contributed by atoms with Crippen LogP contribution in [0.5, 0.6) is 0 Å². The van der Waals surface area contributed by atoms with E-state index < -0.39 is 0 Å². The summed E-state index contributed by atoms with van der Waals surface area (Å²) in [6.45, 7) is 8.07. The lowest BCUT2D eigenvalue weighted by Gasteiger charge is -2.33. The lowest BCUT2D eigenvalue weighted by atomic mass is 10.00. The largest absolute Gasteiger partial charge is 0.357 e. The van der Waals surface area contributed by atoms with Crippen molar-refractivity contribution in [3.8, 4) is 0 Å². The fraction of sp³-hybridized carbons (Fsp3) is 0.579. The van der Waals surface area contributed by atoms with Crippen LogP contribution in [0.3, 0.4) is 0 Å². The van der Waals surface area contributed by atoms with E-state index in [0.717, 1.165) is 37.1 Å². The summed E-state index contributed by atoms with van der Waals surface area (Å²) in [6, 6.07) is 7.73. The molecule has 1 aromatic rings. The van der Waals surface area contributed by atoms with Crippen LogP contribution >= 0.6 is 24.0 Å². The maximum Gasteiger partial charge on any atom is 0.253 e. The molecule has 0 aromatic heterocycles. The zero-order valence-electron chi connectivity index (χ0n) is 15.8. The number of carbonyl (C=O) groups is 1. The van der Waals surface area contributed by atoms with Crippen molar-refractivity contribution in [1.82, 2.24) is 15.1 Å². The third-order valence-corrected chi connectivity index (χ3v) is 4.44. The van der Waals surface area contributed by atoms with Crippen LogP contribution < -0.4 is 5.32 Å². The number of nitrogens with zero attached hydrogens (tertiary/aromatic N) is 3. The predicted molar refractivity (Wildman–Crippen MR) is 115 cm³/mol. The van der Waals surface area contributed by atoms with Crippen molar-refractivity contribution in [2.45, 2.75) is 33.2 Å². The summed E-state index contributed by atoms with van der Waals surface area (Å²) in [7, 11) is 3.53. The number of likely N-dealkylation sites (tertiary alicyclic amines) is 1. The first-order chi connectivity index (χ1) is 11.5. The van der Waals surface area contributed by atoms with Crippen molar-refractivity contribution < 1.29 is 4.79 Å². The van der Waals surface area contributed by atoms with Gasteiger partial charge in [0.05, 0.1) is 6.54 Å². The molecule has 0 saturated carbocycles. The SMILES string of the molecule is CCNC(=NCc1ccc(C(=O)N(C)C)cc1)N1CCC(C)CC1.I. The van der Waals surface area contributed by atoms with Gasteiger partial charge in [-0.25, -0.2) is 4.99 Å². The van der Waals surface area contributed by atoms with Crippen molar-refractivity contribution in [3.05, 3.63) is 35.4 Å². The molecule has 1 aromatic carbocycles. The van der Waals surface area contributed by atoms with Gasteiger partial charge in [-0.3, -0.25) is 4.79 Å². The average molecular weight is 458 g/mol. The van der Waals surface area contributed by atoms with Gasteiger partial charge in [-0.05, 0) is 43.4 Å². The Bertz CT molecular complexity index is 563. The number of piperidine rings is 1. The molecule has 6 heteroatoms. The normalized spacial score (nSPS) is 15.5. The number of hydrogen-bond acceptors (Lipinski definition) is 2. The first kappa shape index (κ1) is 21.7. The molecule has 1 aliphatic heterocycles. The van der Waals surface area contributed by atoms with E-state index in [2.05, 4.69) is 24.1 Å². The van der Waals surface area contributed by atoms with Crippen LogP contribution in [0.4, 0.5) is 0 Å². The van der Waals surface area contributed by atoms with Crippen molar-refractivity contribution in [2.75, 3.05) is 33.7 Å². The fourth-order valence-corrected chi connectivity index (χ4v) is 2.82. The maximum atomic E-state index is 11.9. The summed E-state index contributed by atoms with van der Waals surface area (Å²) >= 11 is 0. The summed E-state index contributed by atoms with van der Waals surface area (Å²) < 4.78 is 0. The molecule has 0 atom stereocenters. The molecule has 1 fully saturated rings. The highest BCUT2D eigenvalue weighted by molar-refractivity contribution is 14.0. The van der Waals surface area contributed by atoms with E-state index in [-0.39, 0.29) is 29.9 Å². The standard InChI is InChI=1S/C19H30N4O.HI/c1-5-20-19(23-12-10-15(2)11-13-23)21-14-16-6-8-17(9-7-16)18(24)22(3)4;/h6-9,15H,5,10-14H2,1-4H3,(H,20,21);1H. The summed E-state index contributed by atoms with van der Waals surface area (Å²) in [4.78, 5) is 20.6. The number of aliphatic imine (C=N–C) groups is 1. The molecular weight excluding hydrogens is 427 g/mol. The lowest BCUT2D eigenvalue weighted by Crippen LogP contribution is -2.45. The molecule has 1 heterocycles. The molecule has 1 saturated heterocycles. The van der Waals surface area contributed by atoms with Gasteiger partial charge >= 0.3 is 0 Å². The number of amides is 1. The third-order valence-electron chi connectivity index (χ3n) is 4.44. The Labute approximate surface area is 168 Å². The number of guanidine groups is 1. The molecule has 1 aliphatic rings. The molecule has 0 aliphatic carbocycles. The van der Waals surface area contributed by atoms with Gasteiger partial charge in [-0.15, -0.1) is 24.0 Å². The van der Waals surface area contributed by atoms with Gasteiger partial charge in [-0.1, -0.05) is 19.1 Å². The maximum absolute atomic E-state index is 11.9. The van der Waals surface area contributed by atoms with Gasteiger partial charge in [-0.2, -0.15) is 0 Å². The Morgan fingerprint density at radius 3 is 2.36 bits per heavy atom. The fourth-order valence-electron chi connectivity index (χ4n) is 2.82. The van der Waals surface area contributed by atoms with Crippen molar-refractivity contribution in [3.63, 3.8) is 0 Å². The topological polar surface area (TPSA) is 47.9 Å². The molecule has 0 radical (unpaired) electrons. The Morgan fingerprint density at radius 1 is 1.24 bits per heavy atom. The Hall–Kier alpha value is -1.31. The second-order valence-corrected chi connectivity index (χ2v) is 6.74. The summed E-state index contributed by atoms with van der Waals surface area (Å²) in [6.07, 6.45) is 2.46. The monoisotopic (exact) mass is 458 g/mol. The van der Waals surface area contributed by atoms with E-state index in [4.69, 9.17) is 4.99 Å². The Kier molecular flexibility index (Phi) is 9.24. The van der Waals surface area contributed by atoms with Crippen LogP contribution in [0.25, 0.3) is 0 Å². The molecule has 140 valence electrons. The zero-order valence-corrected chi connectivity index (χ0v) is 18.1. The van der Waals surface area contributed by atoms with Crippen LogP contribution in [-0.4, -0.2) is 55.4 Å². The van der Waals surface area contributed by atoms with Crippen molar-refractivity contribution in [1.29, 1.82) is 0 Å². The van der Waals surface area contributed by atoms with Crippen LogP contribution in [0.1, 0.15) is 42.6 Å². The highest BCUT2D eigenvalue weighted by Gasteiger charge is 2.18. The van der Waals surface area contributed by atoms with E-state index in [0.29, 0.717) is 12.1 Å². The van der Waals surface area contributed by atoms with E-state index in [1.165, 1.54) is 12.8 Å². The van der Waals surface area contributed by atoms with E-state index in [1.54, 1.807) is 19.0 Å². The highest BCUT2D eigenvalue weighted by atomic mass is 127. The minimum Gasteiger partial charge on any atom is -0.357 e. The highest BCUT2D eigenvalue weighted by Crippen LogP contribution is 2.16. The zero-order chi connectivity index (χ0) is 17.5. The third kappa shape index (κ3) is 6.49. The van der Waals surface area contributed by atoms with Crippen LogP contribution in [0.15, 0.2) is 29.3 Å². The van der Waals surface area contributed by atoms with Gasteiger partial charge in [0.25, 0.3) is 5.91 Å². The van der Waals surface area contributed by atoms with Crippen LogP contribution in [0.2, 0.25) is 0 Å². The first-order valence-corrected chi connectivity index (χ1v) is 8.85. The summed E-state index contributed by atoms with van der Waals surface area (Å²) in [5.41, 5.74) is 1.83. The van der Waals surface area contributed by atoms with Gasteiger partial charge in [0.2, 0.25) is 0 Å². The Morgan fingerprint density at radius 2 is 1.84 bits per heavy atom. The van der Waals surface area contributed by atoms with Crippen molar-refractivity contribution >= 4 is 35.8 Å². The molecule has 25 heavy (non-hydrogen) atoms. The van der Waals surface area contributed by atoms with Gasteiger partial charge < -0.3 is 15.1 Å². The second-order valence-electron chi connectivity index (χ2n) is 6.74. The van der Waals surface area contributed by atoms with E-state index in [1.807, 2.05) is 24.3 Å². The first-order valence-electron chi connectivity index (χ1n) is 8.85.